The van der Waals surface area contributed by atoms with Crippen molar-refractivity contribution in [2.45, 2.75) is 50.6 Å². The Kier molecular flexibility index (Phi) is 4.13. The Labute approximate surface area is 172 Å². The van der Waals surface area contributed by atoms with Crippen LogP contribution in [0.25, 0.3) is 0 Å². The summed E-state index contributed by atoms with van der Waals surface area (Å²) in [5.74, 6) is 1.42. The van der Waals surface area contributed by atoms with E-state index in [-0.39, 0.29) is 16.9 Å². The number of rotatable bonds is 4. The molecule has 2 unspecified atom stereocenters. The van der Waals surface area contributed by atoms with E-state index in [9.17, 15) is 4.79 Å². The van der Waals surface area contributed by atoms with Crippen LogP contribution in [-0.2, 0) is 16.9 Å². The minimum atomic E-state index is -0.269. The van der Waals surface area contributed by atoms with E-state index >= 15 is 0 Å². The van der Waals surface area contributed by atoms with Gasteiger partial charge in [-0.2, -0.15) is 0 Å². The van der Waals surface area contributed by atoms with Crippen molar-refractivity contribution < 1.29 is 4.79 Å². The van der Waals surface area contributed by atoms with Crippen molar-refractivity contribution in [3.8, 4) is 0 Å². The Hall–Kier alpha value is -1.40. The third kappa shape index (κ3) is 3.01. The van der Waals surface area contributed by atoms with E-state index < -0.39 is 0 Å². The highest BCUT2D eigenvalue weighted by Crippen LogP contribution is 2.64. The van der Waals surface area contributed by atoms with E-state index in [4.69, 9.17) is 11.6 Å². The van der Waals surface area contributed by atoms with E-state index in [1.807, 2.05) is 35.3 Å². The van der Waals surface area contributed by atoms with Crippen molar-refractivity contribution in [1.82, 2.24) is 20.1 Å². The first-order valence-corrected chi connectivity index (χ1v) is 10.7. The van der Waals surface area contributed by atoms with Crippen molar-refractivity contribution in [3.05, 3.63) is 45.9 Å². The lowest BCUT2D eigenvalue weighted by Crippen LogP contribution is -2.61. The van der Waals surface area contributed by atoms with Gasteiger partial charge in [0, 0.05) is 11.6 Å². The monoisotopic (exact) mass is 448 g/mol. The smallest absolute Gasteiger partial charge is 0.226 e. The number of aromatic nitrogens is 3. The summed E-state index contributed by atoms with van der Waals surface area (Å²) in [6.45, 7) is 0.551. The van der Waals surface area contributed by atoms with Crippen LogP contribution in [0.2, 0.25) is 5.02 Å². The molecule has 0 aliphatic heterocycles. The minimum absolute atomic E-state index is 0.0548. The van der Waals surface area contributed by atoms with Crippen LogP contribution < -0.4 is 5.32 Å². The van der Waals surface area contributed by atoms with Crippen LogP contribution in [0.5, 0.6) is 0 Å². The zero-order valence-electron chi connectivity index (χ0n) is 15.0. The van der Waals surface area contributed by atoms with Gasteiger partial charge in [-0.1, -0.05) is 23.7 Å². The zero-order valence-corrected chi connectivity index (χ0v) is 17.3. The number of hydrogen-bond donors (Lipinski definition) is 1. The lowest BCUT2D eigenvalue weighted by molar-refractivity contribution is -0.156. The number of halogens is 2. The second kappa shape index (κ2) is 6.31. The van der Waals surface area contributed by atoms with Crippen LogP contribution in [0.3, 0.4) is 0 Å². The summed E-state index contributed by atoms with van der Waals surface area (Å²) < 4.78 is 2.66. The van der Waals surface area contributed by atoms with Crippen molar-refractivity contribution in [3.63, 3.8) is 0 Å². The minimum Gasteiger partial charge on any atom is -0.352 e. The fraction of sp³-hybridized carbons (Fsp3) is 0.550. The summed E-state index contributed by atoms with van der Waals surface area (Å²) in [7, 11) is 0. The molecule has 0 radical (unpaired) electrons. The first-order valence-electron chi connectivity index (χ1n) is 9.57. The highest BCUT2D eigenvalue weighted by atomic mass is 79.9. The molecule has 7 heteroatoms. The van der Waals surface area contributed by atoms with Gasteiger partial charge >= 0.3 is 0 Å². The molecule has 2 aromatic rings. The van der Waals surface area contributed by atoms with Gasteiger partial charge in [-0.25, -0.2) is 9.67 Å². The largest absolute Gasteiger partial charge is 0.352 e. The predicted octanol–water partition coefficient (Wildman–Crippen LogP) is 4.31. The van der Waals surface area contributed by atoms with Gasteiger partial charge in [-0.15, -0.1) is 5.10 Å². The second-order valence-corrected chi connectivity index (χ2v) is 9.88. The van der Waals surface area contributed by atoms with E-state index in [1.165, 1.54) is 6.42 Å². The van der Waals surface area contributed by atoms with Crippen molar-refractivity contribution in [2.75, 3.05) is 0 Å². The quantitative estimate of drug-likeness (QED) is 0.757. The third-order valence-corrected chi connectivity index (χ3v) is 7.44. The Morgan fingerprint density at radius 1 is 1.22 bits per heavy atom. The van der Waals surface area contributed by atoms with Gasteiger partial charge in [-0.3, -0.25) is 4.79 Å². The number of nitrogens with zero attached hydrogens (tertiary/aromatic N) is 3. The number of amides is 1. The molecule has 6 rings (SSSR count). The average Bonchev–Trinajstić information content (AvgIpc) is 3.07. The molecule has 1 N–H and O–H groups in total. The van der Waals surface area contributed by atoms with Gasteiger partial charge in [-0.05, 0) is 84.0 Å². The Balaban J connectivity index is 1.38. The van der Waals surface area contributed by atoms with Crippen molar-refractivity contribution in [1.29, 1.82) is 0 Å². The number of benzene rings is 1. The number of carbonyl (C=O) groups is 1. The van der Waals surface area contributed by atoms with Crippen LogP contribution in [0.15, 0.2) is 35.3 Å². The molecule has 4 fully saturated rings. The molecule has 0 spiro atoms. The second-order valence-electron chi connectivity index (χ2n) is 8.73. The molecule has 5 nitrogen and oxygen atoms in total. The standard InChI is InChI=1S/C20H22BrClN4O/c21-18-24-12-26(25-18)20-8-14-5-15(9-20)7-19(6-14,11-20)17(27)23-10-13-1-3-16(22)4-2-13/h1-4,12,14-15H,5-11H2,(H,23,27)/t14-,15+,19?,20?. The molecule has 27 heavy (non-hydrogen) atoms. The van der Waals surface area contributed by atoms with E-state index in [2.05, 4.69) is 31.3 Å². The maximum absolute atomic E-state index is 13.3. The van der Waals surface area contributed by atoms with Crippen LogP contribution in [0.4, 0.5) is 0 Å². The summed E-state index contributed by atoms with van der Waals surface area (Å²) in [4.78, 5) is 17.6. The summed E-state index contributed by atoms with van der Waals surface area (Å²) in [5, 5.41) is 8.50. The van der Waals surface area contributed by atoms with Crippen molar-refractivity contribution in [2.24, 2.45) is 17.3 Å². The molecule has 4 bridgehead atoms. The van der Waals surface area contributed by atoms with Gasteiger partial charge in [0.2, 0.25) is 10.6 Å². The van der Waals surface area contributed by atoms with Gasteiger partial charge in [0.05, 0.1) is 11.0 Å². The van der Waals surface area contributed by atoms with Gasteiger partial charge in [0.25, 0.3) is 0 Å². The fourth-order valence-electron chi connectivity index (χ4n) is 6.19. The molecule has 4 aliphatic carbocycles. The Morgan fingerprint density at radius 2 is 1.93 bits per heavy atom. The van der Waals surface area contributed by atoms with Crippen LogP contribution in [-0.4, -0.2) is 20.7 Å². The SMILES string of the molecule is O=C(NCc1ccc(Cl)cc1)C12C[C@H]3C[C@@H](C1)CC(n1cnc(Br)n1)(C3)C2. The average molecular weight is 450 g/mol. The Bertz CT molecular complexity index is 866. The molecule has 1 aromatic heterocycles. The number of hydrogen-bond acceptors (Lipinski definition) is 3. The molecule has 4 atom stereocenters. The number of nitrogens with one attached hydrogen (secondary N) is 1. The maximum Gasteiger partial charge on any atom is 0.226 e. The van der Waals surface area contributed by atoms with E-state index in [0.29, 0.717) is 28.1 Å². The molecule has 4 saturated carbocycles. The third-order valence-electron chi connectivity index (χ3n) is 6.83. The molecule has 0 saturated heterocycles. The van der Waals surface area contributed by atoms with Crippen LogP contribution in [0.1, 0.15) is 44.1 Å². The maximum atomic E-state index is 13.3. The fourth-order valence-corrected chi connectivity index (χ4v) is 6.58. The van der Waals surface area contributed by atoms with Crippen molar-refractivity contribution >= 4 is 33.4 Å². The molecular weight excluding hydrogens is 428 g/mol. The molecule has 142 valence electrons. The van der Waals surface area contributed by atoms with Gasteiger partial charge < -0.3 is 5.32 Å². The summed E-state index contributed by atoms with van der Waals surface area (Å²) >= 11 is 9.33. The normalized spacial score (nSPS) is 34.0. The molecular formula is C20H22BrClN4O. The summed E-state index contributed by atoms with van der Waals surface area (Å²) in [6.07, 6.45) is 8.20. The molecule has 1 aromatic carbocycles. The van der Waals surface area contributed by atoms with Gasteiger partial charge in [0.1, 0.15) is 6.33 Å². The first kappa shape index (κ1) is 17.7. The molecule has 4 aliphatic rings. The Morgan fingerprint density at radius 3 is 2.56 bits per heavy atom. The molecule has 1 amide bonds. The van der Waals surface area contributed by atoms with Gasteiger partial charge in [0.15, 0.2) is 0 Å². The van der Waals surface area contributed by atoms with E-state index in [0.717, 1.165) is 37.7 Å². The van der Waals surface area contributed by atoms with Crippen LogP contribution in [0, 0.1) is 17.3 Å². The first-order chi connectivity index (χ1) is 13.0. The summed E-state index contributed by atoms with van der Waals surface area (Å²) in [5.41, 5.74) is 0.753. The predicted molar refractivity (Wildman–Crippen MR) is 106 cm³/mol. The highest BCUT2D eigenvalue weighted by molar-refractivity contribution is 9.10. The van der Waals surface area contributed by atoms with Crippen LogP contribution >= 0.6 is 27.5 Å². The highest BCUT2D eigenvalue weighted by Gasteiger charge is 2.61. The summed E-state index contributed by atoms with van der Waals surface area (Å²) in [6, 6.07) is 7.67. The lowest BCUT2D eigenvalue weighted by atomic mass is 9.46. The van der Waals surface area contributed by atoms with E-state index in [1.54, 1.807) is 0 Å². The topological polar surface area (TPSA) is 59.8 Å². The molecule has 1 heterocycles. The zero-order chi connectivity index (χ0) is 18.6. The lowest BCUT2D eigenvalue weighted by Gasteiger charge is -2.60. The number of carbonyl (C=O) groups excluding carboxylic acids is 1.